The van der Waals surface area contributed by atoms with Gasteiger partial charge in [-0.2, -0.15) is 12.2 Å². The number of hydrogen-bond donors (Lipinski definition) is 0. The molecule has 0 saturated heterocycles. The van der Waals surface area contributed by atoms with Crippen LogP contribution in [-0.4, -0.2) is 0 Å². The van der Waals surface area contributed by atoms with Crippen LogP contribution in [0, 0.1) is 23.0 Å². The summed E-state index contributed by atoms with van der Waals surface area (Å²) in [6.45, 7) is 13.3. The van der Waals surface area contributed by atoms with Crippen LogP contribution in [0.3, 0.4) is 0 Å². The normalized spacial score (nSPS) is 15.7. The van der Waals surface area contributed by atoms with Gasteiger partial charge in [0.25, 0.3) is 0 Å². The van der Waals surface area contributed by atoms with Crippen LogP contribution in [0.1, 0.15) is 54.4 Å². The van der Waals surface area contributed by atoms with E-state index >= 15 is 0 Å². The summed E-state index contributed by atoms with van der Waals surface area (Å²) in [5.41, 5.74) is 3.30. The molecule has 0 aromatic heterocycles. The molecule has 0 radical (unpaired) electrons. The van der Waals surface area contributed by atoms with Crippen LogP contribution in [-0.2, 0) is 21.7 Å². The molecule has 0 spiro atoms. The van der Waals surface area contributed by atoms with E-state index < -0.39 is 0 Å². The molecule has 0 fully saturated rings. The van der Waals surface area contributed by atoms with E-state index in [1.54, 1.807) is 0 Å². The predicted molar refractivity (Wildman–Crippen MR) is 79.9 cm³/mol. The third-order valence-electron chi connectivity index (χ3n) is 3.01. The fourth-order valence-electron chi connectivity index (χ4n) is 1.84. The Morgan fingerprint density at radius 3 is 1.10 bits per heavy atom. The van der Waals surface area contributed by atoms with E-state index in [9.17, 15) is 0 Å². The molecule has 0 nitrogen and oxygen atoms in total. The number of allylic oxidation sites excluding steroid dienone is 8. The maximum absolute atomic E-state index is 3.30. The molecule has 3 heteroatoms. The van der Waals surface area contributed by atoms with Gasteiger partial charge in [-0.05, 0) is 10.8 Å². The van der Waals surface area contributed by atoms with Crippen LogP contribution in [0.5, 0.6) is 0 Å². The molecule has 0 bridgehead atoms. The van der Waals surface area contributed by atoms with E-state index in [1.807, 2.05) is 0 Å². The minimum atomic E-state index is 0. The molecule has 0 N–H and O–H groups in total. The Morgan fingerprint density at radius 1 is 0.714 bits per heavy atom. The Balaban J connectivity index is -0.000000270. The molecule has 0 atom stereocenters. The first kappa shape index (κ1) is 26.2. The maximum Gasteiger partial charge on any atom is 2.00 e. The minimum Gasteiger partial charge on any atom is -1.00 e. The average molecular weight is 361 g/mol. The van der Waals surface area contributed by atoms with Crippen molar-refractivity contribution >= 4 is 0 Å². The molecule has 21 heavy (non-hydrogen) atoms. The maximum atomic E-state index is 3.30. The third kappa shape index (κ3) is 9.79. The SMILES string of the molecule is CC(C)(C)C1=[C-]CC=C1.CC(C)(C)C1=[C-]CC=C1.[Cl-].[Cl-].[Ti+2]. The van der Waals surface area contributed by atoms with Crippen molar-refractivity contribution in [3.63, 3.8) is 0 Å². The zero-order valence-electron chi connectivity index (χ0n) is 14.0. The smallest absolute Gasteiger partial charge is 1.00 e. The molecule has 2 aliphatic rings. The first-order valence-corrected chi connectivity index (χ1v) is 6.77. The molecule has 0 heterocycles. The fourth-order valence-corrected chi connectivity index (χ4v) is 1.84. The summed E-state index contributed by atoms with van der Waals surface area (Å²) in [5.74, 6) is 0. The number of rotatable bonds is 0. The second-order valence-corrected chi connectivity index (χ2v) is 6.89. The van der Waals surface area contributed by atoms with Gasteiger partial charge in [0.2, 0.25) is 0 Å². The average Bonchev–Trinajstić information content (AvgIpc) is 2.91. The summed E-state index contributed by atoms with van der Waals surface area (Å²) in [6, 6.07) is 0. The van der Waals surface area contributed by atoms with E-state index in [-0.39, 0.29) is 46.5 Å². The van der Waals surface area contributed by atoms with Crippen molar-refractivity contribution in [2.75, 3.05) is 0 Å². The van der Waals surface area contributed by atoms with Crippen molar-refractivity contribution < 1.29 is 46.5 Å². The van der Waals surface area contributed by atoms with Crippen LogP contribution < -0.4 is 24.8 Å². The number of halogens is 2. The summed E-state index contributed by atoms with van der Waals surface area (Å²) in [4.78, 5) is 0. The Kier molecular flexibility index (Phi) is 13.6. The molecule has 0 amide bonds. The Bertz CT molecular complexity index is 362. The molecule has 2 rings (SSSR count). The van der Waals surface area contributed by atoms with Crippen LogP contribution in [0.25, 0.3) is 0 Å². The van der Waals surface area contributed by atoms with Gasteiger partial charge in [-0.15, -0.1) is 12.8 Å². The van der Waals surface area contributed by atoms with Gasteiger partial charge in [0.05, 0.1) is 0 Å². The predicted octanol–water partition coefficient (Wildman–Crippen LogP) is -0.551. The van der Waals surface area contributed by atoms with E-state index in [1.165, 1.54) is 11.1 Å². The second kappa shape index (κ2) is 10.9. The zero-order valence-corrected chi connectivity index (χ0v) is 17.1. The van der Waals surface area contributed by atoms with Crippen LogP contribution >= 0.6 is 0 Å². The van der Waals surface area contributed by atoms with Gasteiger partial charge in [0, 0.05) is 0 Å². The molecular formula is C18H26Cl2Ti-2. The van der Waals surface area contributed by atoms with Gasteiger partial charge in [-0.3, -0.25) is 12.2 Å². The quantitative estimate of drug-likeness (QED) is 0.401. The molecule has 2 aliphatic carbocycles. The molecule has 0 aliphatic heterocycles. The molecule has 0 saturated carbocycles. The Hall–Kier alpha value is 0.254. The van der Waals surface area contributed by atoms with Crippen LogP contribution in [0.4, 0.5) is 0 Å². The monoisotopic (exact) mass is 360 g/mol. The van der Waals surface area contributed by atoms with E-state index in [2.05, 4.69) is 78.0 Å². The summed E-state index contributed by atoms with van der Waals surface area (Å²) in [5, 5.41) is 0. The van der Waals surface area contributed by atoms with Crippen molar-refractivity contribution in [3.05, 3.63) is 47.6 Å². The summed E-state index contributed by atoms with van der Waals surface area (Å²) >= 11 is 0. The van der Waals surface area contributed by atoms with E-state index in [0.717, 1.165) is 12.8 Å². The molecule has 118 valence electrons. The Morgan fingerprint density at radius 2 is 1.00 bits per heavy atom. The van der Waals surface area contributed by atoms with Crippen LogP contribution in [0.15, 0.2) is 35.5 Å². The first-order valence-electron chi connectivity index (χ1n) is 6.77. The van der Waals surface area contributed by atoms with Gasteiger partial charge in [0.15, 0.2) is 0 Å². The van der Waals surface area contributed by atoms with Gasteiger partial charge in [0.1, 0.15) is 0 Å². The van der Waals surface area contributed by atoms with Crippen molar-refractivity contribution in [1.29, 1.82) is 0 Å². The number of hydrogen-bond acceptors (Lipinski definition) is 0. The largest absolute Gasteiger partial charge is 2.00 e. The minimum absolute atomic E-state index is 0. The van der Waals surface area contributed by atoms with E-state index in [0.29, 0.717) is 10.8 Å². The van der Waals surface area contributed by atoms with Crippen molar-refractivity contribution in [2.45, 2.75) is 54.4 Å². The van der Waals surface area contributed by atoms with Gasteiger partial charge < -0.3 is 24.8 Å². The topological polar surface area (TPSA) is 0 Å². The molecule has 0 aromatic rings. The van der Waals surface area contributed by atoms with Crippen molar-refractivity contribution in [2.24, 2.45) is 10.8 Å². The van der Waals surface area contributed by atoms with Gasteiger partial charge in [-0.25, -0.2) is 23.3 Å². The molecular weight excluding hydrogens is 335 g/mol. The van der Waals surface area contributed by atoms with E-state index in [4.69, 9.17) is 0 Å². The fraction of sp³-hybridized carbons (Fsp3) is 0.556. The summed E-state index contributed by atoms with van der Waals surface area (Å²) < 4.78 is 0. The summed E-state index contributed by atoms with van der Waals surface area (Å²) in [7, 11) is 0. The Labute approximate surface area is 158 Å². The van der Waals surface area contributed by atoms with Gasteiger partial charge >= 0.3 is 21.7 Å². The molecule has 0 aromatic carbocycles. The summed E-state index contributed by atoms with van der Waals surface area (Å²) in [6.07, 6.45) is 17.3. The van der Waals surface area contributed by atoms with Crippen molar-refractivity contribution in [1.82, 2.24) is 0 Å². The second-order valence-electron chi connectivity index (χ2n) is 6.89. The zero-order chi connectivity index (χ0) is 13.8. The molecule has 0 unspecified atom stereocenters. The standard InChI is InChI=1S/2C9H13.2ClH.Ti/c2*1-9(2,3)8-6-4-5-7-8;;;/h2*4,6H,5H2,1-3H3;2*1H;/q2*-1;;;+2/p-2. The first-order chi connectivity index (χ1) is 8.21. The van der Waals surface area contributed by atoms with Gasteiger partial charge in [-0.1, -0.05) is 41.5 Å². The van der Waals surface area contributed by atoms with Crippen LogP contribution in [0.2, 0.25) is 0 Å². The third-order valence-corrected chi connectivity index (χ3v) is 3.01. The van der Waals surface area contributed by atoms with Crippen molar-refractivity contribution in [3.8, 4) is 0 Å².